The van der Waals surface area contributed by atoms with E-state index in [1.807, 2.05) is 42.7 Å². The Labute approximate surface area is 167 Å². The van der Waals surface area contributed by atoms with E-state index >= 15 is 0 Å². The van der Waals surface area contributed by atoms with Crippen LogP contribution in [-0.2, 0) is 11.3 Å². The van der Waals surface area contributed by atoms with Gasteiger partial charge in [-0.15, -0.1) is 10.2 Å². The number of amides is 2. The summed E-state index contributed by atoms with van der Waals surface area (Å²) in [6, 6.07) is 14.5. The van der Waals surface area contributed by atoms with Crippen LogP contribution in [0.25, 0.3) is 11.4 Å². The largest absolute Gasteiger partial charge is 0.366 e. The second kappa shape index (κ2) is 8.71. The number of anilines is 1. The van der Waals surface area contributed by atoms with Gasteiger partial charge in [-0.3, -0.25) is 9.59 Å². The lowest BCUT2D eigenvalue weighted by atomic mass is 10.1. The molecule has 0 spiro atoms. The number of benzene rings is 2. The Bertz CT molecular complexity index is 981. The van der Waals surface area contributed by atoms with Crippen LogP contribution in [0.2, 0.25) is 0 Å². The molecule has 0 aliphatic rings. The lowest BCUT2D eigenvalue weighted by molar-refractivity contribution is -0.113. The first-order valence-corrected chi connectivity index (χ1v) is 9.79. The average Bonchev–Trinajstić information content (AvgIpc) is 3.10. The number of nitrogens with zero attached hydrogens (tertiary/aromatic N) is 3. The SMILES string of the molecule is CCn1c(SCC(=O)Nc2ccc(C(N)=O)cc2)nnc1-c1ccc(C)cc1. The lowest BCUT2D eigenvalue weighted by Crippen LogP contribution is -2.15. The van der Waals surface area contributed by atoms with Gasteiger partial charge in [-0.05, 0) is 38.1 Å². The van der Waals surface area contributed by atoms with Gasteiger partial charge in [0.05, 0.1) is 5.75 Å². The van der Waals surface area contributed by atoms with E-state index in [-0.39, 0.29) is 11.7 Å². The Morgan fingerprint density at radius 3 is 2.36 bits per heavy atom. The minimum Gasteiger partial charge on any atom is -0.366 e. The van der Waals surface area contributed by atoms with Crippen LogP contribution in [0.4, 0.5) is 5.69 Å². The van der Waals surface area contributed by atoms with Crippen molar-refractivity contribution < 1.29 is 9.59 Å². The van der Waals surface area contributed by atoms with Gasteiger partial charge in [0.15, 0.2) is 11.0 Å². The number of rotatable bonds is 7. The zero-order valence-corrected chi connectivity index (χ0v) is 16.5. The Balaban J connectivity index is 1.64. The molecule has 0 saturated heterocycles. The number of primary amides is 1. The highest BCUT2D eigenvalue weighted by molar-refractivity contribution is 7.99. The monoisotopic (exact) mass is 395 g/mol. The number of aryl methyl sites for hydroxylation is 1. The van der Waals surface area contributed by atoms with Crippen LogP contribution < -0.4 is 11.1 Å². The minimum atomic E-state index is -0.503. The van der Waals surface area contributed by atoms with Gasteiger partial charge in [-0.2, -0.15) is 0 Å². The third-order valence-electron chi connectivity index (χ3n) is 4.13. The molecule has 0 aliphatic carbocycles. The van der Waals surface area contributed by atoms with Crippen molar-refractivity contribution in [1.29, 1.82) is 0 Å². The zero-order chi connectivity index (χ0) is 20.1. The van der Waals surface area contributed by atoms with Crippen molar-refractivity contribution in [3.63, 3.8) is 0 Å². The summed E-state index contributed by atoms with van der Waals surface area (Å²) in [6.07, 6.45) is 0. The summed E-state index contributed by atoms with van der Waals surface area (Å²) in [7, 11) is 0. The van der Waals surface area contributed by atoms with Gasteiger partial charge in [0.1, 0.15) is 0 Å². The molecular formula is C20H21N5O2S. The van der Waals surface area contributed by atoms with Crippen molar-refractivity contribution in [1.82, 2.24) is 14.8 Å². The Kier molecular flexibility index (Phi) is 6.10. The molecule has 3 aromatic rings. The van der Waals surface area contributed by atoms with E-state index in [1.54, 1.807) is 24.3 Å². The predicted molar refractivity (Wildman–Crippen MR) is 110 cm³/mol. The predicted octanol–water partition coefficient (Wildman–Crippen LogP) is 3.10. The lowest BCUT2D eigenvalue weighted by Gasteiger charge is -2.08. The molecule has 2 aromatic carbocycles. The summed E-state index contributed by atoms with van der Waals surface area (Å²) in [4.78, 5) is 23.3. The fourth-order valence-electron chi connectivity index (χ4n) is 2.64. The Morgan fingerprint density at radius 2 is 1.75 bits per heavy atom. The molecule has 0 atom stereocenters. The van der Waals surface area contributed by atoms with Crippen LogP contribution in [0, 0.1) is 6.92 Å². The van der Waals surface area contributed by atoms with E-state index in [4.69, 9.17) is 5.73 Å². The van der Waals surface area contributed by atoms with Gasteiger partial charge in [-0.1, -0.05) is 41.6 Å². The van der Waals surface area contributed by atoms with Crippen molar-refractivity contribution in [2.75, 3.05) is 11.1 Å². The molecule has 0 fully saturated rings. The molecule has 0 radical (unpaired) electrons. The highest BCUT2D eigenvalue weighted by atomic mass is 32.2. The van der Waals surface area contributed by atoms with Crippen LogP contribution in [0.3, 0.4) is 0 Å². The average molecular weight is 395 g/mol. The van der Waals surface area contributed by atoms with Gasteiger partial charge < -0.3 is 15.6 Å². The second-order valence-electron chi connectivity index (χ2n) is 6.19. The molecule has 2 amide bonds. The summed E-state index contributed by atoms with van der Waals surface area (Å²) in [5.74, 6) is 0.312. The third kappa shape index (κ3) is 4.58. The van der Waals surface area contributed by atoms with Gasteiger partial charge in [-0.25, -0.2) is 0 Å². The molecule has 28 heavy (non-hydrogen) atoms. The maximum Gasteiger partial charge on any atom is 0.248 e. The number of carbonyl (C=O) groups excluding carboxylic acids is 2. The van der Waals surface area contributed by atoms with Crippen LogP contribution in [0.15, 0.2) is 53.7 Å². The minimum absolute atomic E-state index is 0.167. The number of nitrogens with one attached hydrogen (secondary N) is 1. The molecule has 3 N–H and O–H groups in total. The summed E-state index contributed by atoms with van der Waals surface area (Å²) in [6.45, 7) is 4.76. The molecule has 3 rings (SSSR count). The number of carbonyl (C=O) groups is 2. The van der Waals surface area contributed by atoms with Crippen LogP contribution in [-0.4, -0.2) is 32.3 Å². The molecule has 0 aliphatic heterocycles. The molecule has 144 valence electrons. The molecule has 0 unspecified atom stereocenters. The van der Waals surface area contributed by atoms with Crippen molar-refractivity contribution in [2.24, 2.45) is 5.73 Å². The molecular weight excluding hydrogens is 374 g/mol. The van der Waals surface area contributed by atoms with Gasteiger partial charge in [0.25, 0.3) is 0 Å². The van der Waals surface area contributed by atoms with Gasteiger partial charge >= 0.3 is 0 Å². The maximum atomic E-state index is 12.2. The van der Waals surface area contributed by atoms with Gasteiger partial charge in [0.2, 0.25) is 11.8 Å². The fraction of sp³-hybridized carbons (Fsp3) is 0.200. The normalized spacial score (nSPS) is 10.6. The quantitative estimate of drug-likeness (QED) is 0.599. The first-order chi connectivity index (χ1) is 13.5. The van der Waals surface area contributed by atoms with E-state index < -0.39 is 5.91 Å². The number of hydrogen-bond donors (Lipinski definition) is 2. The van der Waals surface area contributed by atoms with Crippen molar-refractivity contribution >= 4 is 29.3 Å². The van der Waals surface area contributed by atoms with Crippen molar-refractivity contribution in [3.05, 3.63) is 59.7 Å². The standard InChI is InChI=1S/C20H21N5O2S/c1-3-25-19(15-6-4-13(2)5-7-15)23-24-20(25)28-12-17(26)22-16-10-8-14(9-11-16)18(21)27/h4-11H,3,12H2,1-2H3,(H2,21,27)(H,22,26). The Hall–Kier alpha value is -3.13. The molecule has 7 nitrogen and oxygen atoms in total. The van der Waals surface area contributed by atoms with Crippen molar-refractivity contribution in [3.8, 4) is 11.4 Å². The second-order valence-corrected chi connectivity index (χ2v) is 7.14. The maximum absolute atomic E-state index is 12.2. The van der Waals surface area contributed by atoms with Gasteiger partial charge in [0, 0.05) is 23.4 Å². The van der Waals surface area contributed by atoms with Crippen LogP contribution in [0.5, 0.6) is 0 Å². The van der Waals surface area contributed by atoms with Crippen molar-refractivity contribution in [2.45, 2.75) is 25.5 Å². The molecule has 1 heterocycles. The number of thioether (sulfide) groups is 1. The number of hydrogen-bond acceptors (Lipinski definition) is 5. The van der Waals surface area contributed by atoms with E-state index in [0.29, 0.717) is 23.0 Å². The molecule has 0 saturated carbocycles. The third-order valence-corrected chi connectivity index (χ3v) is 5.10. The summed E-state index contributed by atoms with van der Waals surface area (Å²) in [5, 5.41) is 12.0. The van der Waals surface area contributed by atoms with E-state index in [9.17, 15) is 9.59 Å². The van der Waals surface area contributed by atoms with E-state index in [1.165, 1.54) is 17.3 Å². The highest BCUT2D eigenvalue weighted by Crippen LogP contribution is 2.24. The fourth-order valence-corrected chi connectivity index (χ4v) is 3.44. The highest BCUT2D eigenvalue weighted by Gasteiger charge is 2.14. The smallest absolute Gasteiger partial charge is 0.248 e. The number of nitrogens with two attached hydrogens (primary N) is 1. The molecule has 0 bridgehead atoms. The number of aromatic nitrogens is 3. The summed E-state index contributed by atoms with van der Waals surface area (Å²) >= 11 is 1.33. The summed E-state index contributed by atoms with van der Waals surface area (Å²) < 4.78 is 1.99. The van der Waals surface area contributed by atoms with Crippen LogP contribution >= 0.6 is 11.8 Å². The zero-order valence-electron chi connectivity index (χ0n) is 15.7. The topological polar surface area (TPSA) is 103 Å². The summed E-state index contributed by atoms with van der Waals surface area (Å²) in [5.41, 5.74) is 8.38. The van der Waals surface area contributed by atoms with E-state index in [0.717, 1.165) is 11.4 Å². The first kappa shape index (κ1) is 19.6. The first-order valence-electron chi connectivity index (χ1n) is 8.80. The Morgan fingerprint density at radius 1 is 1.07 bits per heavy atom. The van der Waals surface area contributed by atoms with E-state index in [2.05, 4.69) is 15.5 Å². The molecule has 8 heteroatoms. The van der Waals surface area contributed by atoms with Crippen LogP contribution in [0.1, 0.15) is 22.8 Å². The molecule has 1 aromatic heterocycles.